The number of thiazole rings is 1. The van der Waals surface area contributed by atoms with Gasteiger partial charge in [0.25, 0.3) is 0 Å². The van der Waals surface area contributed by atoms with Crippen molar-refractivity contribution in [2.24, 2.45) is 0 Å². The van der Waals surface area contributed by atoms with Gasteiger partial charge in [0, 0.05) is 15.8 Å². The summed E-state index contributed by atoms with van der Waals surface area (Å²) in [6.45, 7) is 0. The van der Waals surface area contributed by atoms with Gasteiger partial charge in [-0.2, -0.15) is 0 Å². The number of aromatic nitrogens is 1. The van der Waals surface area contributed by atoms with E-state index in [1.165, 1.54) is 12.0 Å². The molecule has 3 nitrogen and oxygen atoms in total. The molecule has 1 aromatic carbocycles. The average molecular weight is 308 g/mol. The van der Waals surface area contributed by atoms with Crippen molar-refractivity contribution in [1.29, 1.82) is 0 Å². The second-order valence-electron chi connectivity index (χ2n) is 5.16. The summed E-state index contributed by atoms with van der Waals surface area (Å²) in [7, 11) is 0. The Bertz CT molecular complexity index is 632. The fourth-order valence-electron chi connectivity index (χ4n) is 2.69. The van der Waals surface area contributed by atoms with Gasteiger partial charge in [-0.25, -0.2) is 4.98 Å². The molecule has 1 N–H and O–H groups in total. The summed E-state index contributed by atoms with van der Waals surface area (Å²) in [5.74, 6) is -0.837. The summed E-state index contributed by atoms with van der Waals surface area (Å²) in [5.41, 5.74) is 1.84. The molecule has 0 atom stereocenters. The maximum absolute atomic E-state index is 10.8. The second kappa shape index (κ2) is 5.19. The fraction of sp³-hybridized carbons (Fsp3) is 0.333. The normalized spacial score (nSPS) is 16.6. The molecule has 1 saturated carbocycles. The first-order chi connectivity index (χ1) is 9.60. The Balaban J connectivity index is 1.94. The van der Waals surface area contributed by atoms with E-state index in [4.69, 9.17) is 16.7 Å². The summed E-state index contributed by atoms with van der Waals surface area (Å²) in [5, 5.41) is 12.5. The van der Waals surface area contributed by atoms with Crippen molar-refractivity contribution in [1.82, 2.24) is 4.98 Å². The van der Waals surface area contributed by atoms with Gasteiger partial charge in [0.05, 0.1) is 12.1 Å². The Morgan fingerprint density at radius 1 is 1.35 bits per heavy atom. The topological polar surface area (TPSA) is 50.2 Å². The van der Waals surface area contributed by atoms with Crippen molar-refractivity contribution in [2.45, 2.75) is 31.1 Å². The minimum Gasteiger partial charge on any atom is -0.481 e. The molecular weight excluding hydrogens is 294 g/mol. The van der Waals surface area contributed by atoms with Crippen LogP contribution in [0.2, 0.25) is 5.02 Å². The number of nitrogens with zero attached hydrogens (tertiary/aromatic N) is 1. The van der Waals surface area contributed by atoms with Crippen molar-refractivity contribution in [2.75, 3.05) is 0 Å². The molecule has 104 valence electrons. The van der Waals surface area contributed by atoms with Crippen molar-refractivity contribution in [3.8, 4) is 0 Å². The molecule has 1 fully saturated rings. The summed E-state index contributed by atoms with van der Waals surface area (Å²) in [6, 6.07) is 7.92. The lowest BCUT2D eigenvalue weighted by atomic mass is 9.65. The second-order valence-corrected chi connectivity index (χ2v) is 6.45. The molecule has 0 bridgehead atoms. The van der Waals surface area contributed by atoms with Crippen LogP contribution in [0.5, 0.6) is 0 Å². The highest BCUT2D eigenvalue weighted by molar-refractivity contribution is 7.09. The Morgan fingerprint density at radius 2 is 2.05 bits per heavy atom. The van der Waals surface area contributed by atoms with Crippen molar-refractivity contribution in [3.05, 3.63) is 50.9 Å². The van der Waals surface area contributed by atoms with E-state index in [-0.39, 0.29) is 11.8 Å². The van der Waals surface area contributed by atoms with E-state index in [1.807, 2.05) is 17.5 Å². The molecule has 0 radical (unpaired) electrons. The molecule has 5 heteroatoms. The molecule has 3 rings (SSSR count). The number of rotatable bonds is 4. The number of benzene rings is 1. The molecule has 20 heavy (non-hydrogen) atoms. The molecule has 0 saturated heterocycles. The Morgan fingerprint density at radius 3 is 2.60 bits per heavy atom. The van der Waals surface area contributed by atoms with E-state index in [1.54, 1.807) is 11.3 Å². The summed E-state index contributed by atoms with van der Waals surface area (Å²) >= 11 is 7.52. The number of carbonyl (C=O) groups is 1. The summed E-state index contributed by atoms with van der Waals surface area (Å²) in [4.78, 5) is 15.3. The standard InChI is InChI=1S/C15H14ClNO2S/c16-11-4-2-10(3-5-11)15(6-1-7-15)14-17-12(9-20-14)8-13(18)19/h2-5,9H,1,6-8H2,(H,18,19). The fourth-order valence-corrected chi connectivity index (χ4v) is 3.92. The summed E-state index contributed by atoms with van der Waals surface area (Å²) in [6.07, 6.45) is 3.30. The van der Waals surface area contributed by atoms with Crippen molar-refractivity contribution < 1.29 is 9.90 Å². The van der Waals surface area contributed by atoms with E-state index in [0.29, 0.717) is 5.69 Å². The van der Waals surface area contributed by atoms with Gasteiger partial charge in [0.15, 0.2) is 0 Å². The van der Waals surface area contributed by atoms with Gasteiger partial charge >= 0.3 is 5.97 Å². The zero-order valence-corrected chi connectivity index (χ0v) is 12.4. The van der Waals surface area contributed by atoms with Gasteiger partial charge in [-0.3, -0.25) is 4.79 Å². The van der Waals surface area contributed by atoms with Crippen LogP contribution in [0.3, 0.4) is 0 Å². The maximum Gasteiger partial charge on any atom is 0.309 e. The van der Waals surface area contributed by atoms with Gasteiger partial charge in [-0.1, -0.05) is 30.2 Å². The number of hydrogen-bond acceptors (Lipinski definition) is 3. The lowest BCUT2D eigenvalue weighted by Gasteiger charge is -2.40. The van der Waals surface area contributed by atoms with Gasteiger partial charge in [0.2, 0.25) is 0 Å². The largest absolute Gasteiger partial charge is 0.481 e. The van der Waals surface area contributed by atoms with Crippen LogP contribution in [0.25, 0.3) is 0 Å². The minimum absolute atomic E-state index is 0.00675. The predicted octanol–water partition coefficient (Wildman–Crippen LogP) is 3.89. The molecule has 1 aliphatic carbocycles. The summed E-state index contributed by atoms with van der Waals surface area (Å²) < 4.78 is 0. The van der Waals surface area contributed by atoms with Crippen LogP contribution in [0.15, 0.2) is 29.6 Å². The van der Waals surface area contributed by atoms with Crippen LogP contribution in [0.1, 0.15) is 35.5 Å². The smallest absolute Gasteiger partial charge is 0.309 e. The Labute approximate surface area is 126 Å². The third kappa shape index (κ3) is 2.34. The van der Waals surface area contributed by atoms with E-state index in [2.05, 4.69) is 17.1 Å². The molecule has 0 amide bonds. The van der Waals surface area contributed by atoms with Crippen LogP contribution in [0.4, 0.5) is 0 Å². The first-order valence-corrected chi connectivity index (χ1v) is 7.79. The quantitative estimate of drug-likeness (QED) is 0.932. The molecule has 1 aliphatic rings. The number of carboxylic acids is 1. The molecule has 2 aromatic rings. The first-order valence-electron chi connectivity index (χ1n) is 6.53. The van der Waals surface area contributed by atoms with E-state index in [9.17, 15) is 4.79 Å². The minimum atomic E-state index is -0.837. The van der Waals surface area contributed by atoms with Gasteiger partial charge in [-0.05, 0) is 30.5 Å². The van der Waals surface area contributed by atoms with Gasteiger partial charge in [0.1, 0.15) is 5.01 Å². The highest BCUT2D eigenvalue weighted by atomic mass is 35.5. The van der Waals surface area contributed by atoms with Crippen LogP contribution in [-0.4, -0.2) is 16.1 Å². The molecule has 1 heterocycles. The van der Waals surface area contributed by atoms with E-state index < -0.39 is 5.97 Å². The number of carboxylic acid groups (broad SMARTS) is 1. The number of hydrogen-bond donors (Lipinski definition) is 1. The van der Waals surface area contributed by atoms with E-state index >= 15 is 0 Å². The molecule has 0 aliphatic heterocycles. The van der Waals surface area contributed by atoms with Gasteiger partial charge in [-0.15, -0.1) is 11.3 Å². The zero-order valence-electron chi connectivity index (χ0n) is 10.8. The molecule has 0 unspecified atom stereocenters. The van der Waals surface area contributed by atoms with Crippen LogP contribution in [0, 0.1) is 0 Å². The molecule has 0 spiro atoms. The lowest BCUT2D eigenvalue weighted by Crippen LogP contribution is -2.35. The van der Waals surface area contributed by atoms with E-state index in [0.717, 1.165) is 22.9 Å². The number of halogens is 1. The predicted molar refractivity (Wildman–Crippen MR) is 79.5 cm³/mol. The third-order valence-corrected chi connectivity index (χ3v) is 5.24. The third-order valence-electron chi connectivity index (χ3n) is 3.90. The SMILES string of the molecule is O=C(O)Cc1csc(C2(c3ccc(Cl)cc3)CCC2)n1. The van der Waals surface area contributed by atoms with Crippen molar-refractivity contribution in [3.63, 3.8) is 0 Å². The maximum atomic E-state index is 10.8. The van der Waals surface area contributed by atoms with Crippen molar-refractivity contribution >= 4 is 28.9 Å². The highest BCUT2D eigenvalue weighted by Gasteiger charge is 2.42. The average Bonchev–Trinajstić information content (AvgIpc) is 2.78. The zero-order chi connectivity index (χ0) is 14.2. The highest BCUT2D eigenvalue weighted by Crippen LogP contribution is 2.50. The lowest BCUT2D eigenvalue weighted by molar-refractivity contribution is -0.136. The first kappa shape index (κ1) is 13.6. The molecule has 1 aromatic heterocycles. The molecular formula is C15H14ClNO2S. The van der Waals surface area contributed by atoms with Crippen LogP contribution < -0.4 is 0 Å². The number of aliphatic carboxylic acids is 1. The monoisotopic (exact) mass is 307 g/mol. The van der Waals surface area contributed by atoms with Crippen LogP contribution >= 0.6 is 22.9 Å². The van der Waals surface area contributed by atoms with Gasteiger partial charge < -0.3 is 5.11 Å². The van der Waals surface area contributed by atoms with Crippen LogP contribution in [-0.2, 0) is 16.6 Å². The Kier molecular flexibility index (Phi) is 3.52. The Hall–Kier alpha value is -1.39.